The molecule has 0 fully saturated rings. The minimum absolute atomic E-state index is 0.191. The number of nitrogens with two attached hydrogens (primary N) is 1. The van der Waals surface area contributed by atoms with Gasteiger partial charge in [0.2, 0.25) is 0 Å². The Labute approximate surface area is 128 Å². The minimum atomic E-state index is -0.219. The molecule has 0 aliphatic carbocycles. The Hall–Kier alpha value is -1.84. The lowest BCUT2D eigenvalue weighted by Gasteiger charge is -2.13. The van der Waals surface area contributed by atoms with Crippen molar-refractivity contribution < 1.29 is 4.39 Å². The Bertz CT molecular complexity index is 783. The number of benzene rings is 3. The van der Waals surface area contributed by atoms with E-state index in [1.165, 1.54) is 23.2 Å². The number of rotatable bonds is 3. The van der Waals surface area contributed by atoms with E-state index in [1.54, 1.807) is 6.07 Å². The van der Waals surface area contributed by atoms with Crippen LogP contribution in [0.25, 0.3) is 10.8 Å². The van der Waals surface area contributed by atoms with E-state index in [0.29, 0.717) is 4.90 Å². The van der Waals surface area contributed by atoms with Gasteiger partial charge >= 0.3 is 0 Å². The van der Waals surface area contributed by atoms with Crippen molar-refractivity contribution in [2.24, 2.45) is 5.73 Å². The maximum absolute atomic E-state index is 14.1. The highest BCUT2D eigenvalue weighted by molar-refractivity contribution is 7.99. The fourth-order valence-electron chi connectivity index (χ4n) is 2.34. The van der Waals surface area contributed by atoms with Crippen molar-refractivity contribution in [3.63, 3.8) is 0 Å². The Morgan fingerprint density at radius 3 is 2.48 bits per heavy atom. The van der Waals surface area contributed by atoms with E-state index in [2.05, 4.69) is 24.3 Å². The lowest BCUT2D eigenvalue weighted by molar-refractivity contribution is 0.591. The summed E-state index contributed by atoms with van der Waals surface area (Å²) in [4.78, 5) is 1.63. The molecule has 0 heterocycles. The highest BCUT2D eigenvalue weighted by atomic mass is 32.2. The summed E-state index contributed by atoms with van der Waals surface area (Å²) in [6.07, 6.45) is 0. The van der Waals surface area contributed by atoms with Gasteiger partial charge in [-0.3, -0.25) is 0 Å². The van der Waals surface area contributed by atoms with Gasteiger partial charge in [-0.1, -0.05) is 54.2 Å². The van der Waals surface area contributed by atoms with Gasteiger partial charge in [-0.05, 0) is 41.5 Å². The number of hydrogen-bond donors (Lipinski definition) is 1. The molecule has 0 amide bonds. The second-order valence-corrected chi connectivity index (χ2v) is 6.14. The first-order valence-corrected chi connectivity index (χ1v) is 7.67. The number of hydrogen-bond acceptors (Lipinski definition) is 2. The highest BCUT2D eigenvalue weighted by Gasteiger charge is 2.13. The Morgan fingerprint density at radius 2 is 1.71 bits per heavy atom. The van der Waals surface area contributed by atoms with E-state index in [9.17, 15) is 4.39 Å². The van der Waals surface area contributed by atoms with Crippen LogP contribution >= 0.6 is 11.8 Å². The molecule has 0 saturated heterocycles. The third kappa shape index (κ3) is 2.94. The molecule has 3 heteroatoms. The summed E-state index contributed by atoms with van der Waals surface area (Å²) in [6.45, 7) is 1.87. The van der Waals surface area contributed by atoms with Gasteiger partial charge in [0.15, 0.2) is 0 Å². The smallest absolute Gasteiger partial charge is 0.137 e. The maximum Gasteiger partial charge on any atom is 0.137 e. The topological polar surface area (TPSA) is 26.0 Å². The molecule has 0 saturated carbocycles. The van der Waals surface area contributed by atoms with Crippen LogP contribution in [0.1, 0.15) is 18.5 Å². The van der Waals surface area contributed by atoms with E-state index in [4.69, 9.17) is 5.73 Å². The van der Waals surface area contributed by atoms with Crippen LogP contribution in [0.2, 0.25) is 0 Å². The van der Waals surface area contributed by atoms with E-state index in [0.717, 1.165) is 15.8 Å². The van der Waals surface area contributed by atoms with Crippen LogP contribution in [0.4, 0.5) is 4.39 Å². The summed E-state index contributed by atoms with van der Waals surface area (Å²) in [6, 6.07) is 19.2. The fraction of sp³-hybridized carbons (Fsp3) is 0.111. The molecular weight excluding hydrogens is 281 g/mol. The lowest BCUT2D eigenvalue weighted by atomic mass is 10.1. The molecule has 0 aromatic heterocycles. The summed E-state index contributed by atoms with van der Waals surface area (Å²) in [5.74, 6) is -0.219. The monoisotopic (exact) mass is 297 g/mol. The Balaban J connectivity index is 2.02. The van der Waals surface area contributed by atoms with Crippen molar-refractivity contribution in [1.82, 2.24) is 0 Å². The molecule has 3 rings (SSSR count). The molecule has 0 bridgehead atoms. The average molecular weight is 297 g/mol. The van der Waals surface area contributed by atoms with Crippen molar-refractivity contribution in [2.75, 3.05) is 0 Å². The summed E-state index contributed by atoms with van der Waals surface area (Å²) in [5, 5.41) is 2.34. The van der Waals surface area contributed by atoms with Gasteiger partial charge in [-0.15, -0.1) is 0 Å². The molecule has 0 aliphatic heterocycles. The predicted molar refractivity (Wildman–Crippen MR) is 87.1 cm³/mol. The first-order valence-electron chi connectivity index (χ1n) is 6.86. The molecule has 0 spiro atoms. The van der Waals surface area contributed by atoms with Gasteiger partial charge in [0.05, 0.1) is 4.90 Å². The quantitative estimate of drug-likeness (QED) is 0.723. The molecule has 0 aliphatic rings. The van der Waals surface area contributed by atoms with Crippen LogP contribution < -0.4 is 5.73 Å². The van der Waals surface area contributed by atoms with Crippen LogP contribution in [-0.4, -0.2) is 0 Å². The zero-order chi connectivity index (χ0) is 14.8. The second-order valence-electron chi connectivity index (χ2n) is 5.06. The number of halogens is 1. The van der Waals surface area contributed by atoms with Crippen molar-refractivity contribution >= 4 is 22.5 Å². The summed E-state index contributed by atoms with van der Waals surface area (Å²) < 4.78 is 14.1. The van der Waals surface area contributed by atoms with Crippen molar-refractivity contribution in [1.29, 1.82) is 0 Å². The Morgan fingerprint density at radius 1 is 0.952 bits per heavy atom. The fourth-order valence-corrected chi connectivity index (χ4v) is 3.44. The molecule has 106 valence electrons. The largest absolute Gasteiger partial charge is 0.324 e. The standard InChI is InChI=1S/C18H16FNS/c1-12(20)16-7-4-8-17(19)18(16)21-15-10-9-13-5-2-3-6-14(13)11-15/h2-12H,20H2,1H3. The molecule has 0 radical (unpaired) electrons. The summed E-state index contributed by atoms with van der Waals surface area (Å²) >= 11 is 1.43. The molecule has 1 nitrogen and oxygen atoms in total. The van der Waals surface area contributed by atoms with Gasteiger partial charge in [0, 0.05) is 10.9 Å². The maximum atomic E-state index is 14.1. The Kier molecular flexibility index (Phi) is 3.95. The third-order valence-electron chi connectivity index (χ3n) is 3.43. The van der Waals surface area contributed by atoms with Gasteiger partial charge in [0.25, 0.3) is 0 Å². The molecule has 21 heavy (non-hydrogen) atoms. The summed E-state index contributed by atoms with van der Waals surface area (Å²) in [7, 11) is 0. The minimum Gasteiger partial charge on any atom is -0.324 e. The molecule has 3 aromatic rings. The third-order valence-corrected chi connectivity index (χ3v) is 4.55. The van der Waals surface area contributed by atoms with Gasteiger partial charge < -0.3 is 5.73 Å². The first-order chi connectivity index (χ1) is 10.1. The van der Waals surface area contributed by atoms with Crippen LogP contribution in [0.5, 0.6) is 0 Å². The van der Waals surface area contributed by atoms with Crippen LogP contribution in [0.3, 0.4) is 0 Å². The van der Waals surface area contributed by atoms with E-state index >= 15 is 0 Å². The molecule has 3 aromatic carbocycles. The molecular formula is C18H16FNS. The van der Waals surface area contributed by atoms with Crippen molar-refractivity contribution in [3.05, 3.63) is 72.0 Å². The highest BCUT2D eigenvalue weighted by Crippen LogP contribution is 2.36. The lowest BCUT2D eigenvalue weighted by Crippen LogP contribution is -2.07. The number of fused-ring (bicyclic) bond motifs is 1. The normalized spacial score (nSPS) is 12.5. The van der Waals surface area contributed by atoms with E-state index in [-0.39, 0.29) is 11.9 Å². The summed E-state index contributed by atoms with van der Waals surface area (Å²) in [5.41, 5.74) is 6.79. The predicted octanol–water partition coefficient (Wildman–Crippen LogP) is 5.15. The van der Waals surface area contributed by atoms with Crippen LogP contribution in [0.15, 0.2) is 70.5 Å². The van der Waals surface area contributed by atoms with E-state index < -0.39 is 0 Å². The van der Waals surface area contributed by atoms with Crippen molar-refractivity contribution in [2.45, 2.75) is 22.8 Å². The van der Waals surface area contributed by atoms with Gasteiger partial charge in [0.1, 0.15) is 5.82 Å². The van der Waals surface area contributed by atoms with Crippen molar-refractivity contribution in [3.8, 4) is 0 Å². The first kappa shape index (κ1) is 14.1. The van der Waals surface area contributed by atoms with E-state index in [1.807, 2.05) is 31.2 Å². The zero-order valence-corrected chi connectivity index (χ0v) is 12.5. The zero-order valence-electron chi connectivity index (χ0n) is 11.7. The molecule has 1 atom stereocenters. The van der Waals surface area contributed by atoms with Crippen LogP contribution in [-0.2, 0) is 0 Å². The van der Waals surface area contributed by atoms with Gasteiger partial charge in [-0.2, -0.15) is 0 Å². The second kappa shape index (κ2) is 5.88. The average Bonchev–Trinajstić information content (AvgIpc) is 2.49. The molecule has 2 N–H and O–H groups in total. The SMILES string of the molecule is CC(N)c1cccc(F)c1Sc1ccc2ccccc2c1. The van der Waals surface area contributed by atoms with Gasteiger partial charge in [-0.25, -0.2) is 4.39 Å². The molecule has 1 unspecified atom stereocenters. The van der Waals surface area contributed by atoms with Crippen LogP contribution in [0, 0.1) is 5.82 Å².